The Balaban J connectivity index is 2.39. The Kier molecular flexibility index (Phi) is 2.16. The molecule has 3 aromatic heterocycles. The van der Waals surface area contributed by atoms with Gasteiger partial charge in [0.05, 0.1) is 12.6 Å². The first-order valence-corrected chi connectivity index (χ1v) is 5.29. The van der Waals surface area contributed by atoms with Crippen LogP contribution in [0.15, 0.2) is 35.3 Å². The molecule has 6 nitrogen and oxygen atoms in total. The van der Waals surface area contributed by atoms with Gasteiger partial charge in [-0.2, -0.15) is 0 Å². The fourth-order valence-electron chi connectivity index (χ4n) is 1.90. The van der Waals surface area contributed by atoms with Gasteiger partial charge in [-0.1, -0.05) is 0 Å². The van der Waals surface area contributed by atoms with Crippen LogP contribution in [0.5, 0.6) is 0 Å². The van der Waals surface area contributed by atoms with Gasteiger partial charge in [-0.25, -0.2) is 9.78 Å². The third-order valence-corrected chi connectivity index (χ3v) is 2.74. The number of rotatable bonds is 1. The SMILES string of the molecule is COC(=O)c1ccc2c(n1)[nH]c(=O)c1cccn12. The number of H-pyrrole nitrogens is 1. The molecule has 0 aliphatic rings. The lowest BCUT2D eigenvalue weighted by molar-refractivity contribution is 0.0594. The number of methoxy groups -OCH3 is 1. The maximum atomic E-state index is 11.8. The molecule has 0 saturated carbocycles. The molecular formula is C12H9N3O3. The largest absolute Gasteiger partial charge is 0.464 e. The monoisotopic (exact) mass is 243 g/mol. The number of fused-ring (bicyclic) bond motifs is 3. The van der Waals surface area contributed by atoms with E-state index in [-0.39, 0.29) is 11.3 Å². The van der Waals surface area contributed by atoms with Gasteiger partial charge in [0.25, 0.3) is 5.56 Å². The Hall–Kier alpha value is -2.63. The summed E-state index contributed by atoms with van der Waals surface area (Å²) in [5, 5.41) is 0. The molecule has 0 spiro atoms. The van der Waals surface area contributed by atoms with Crippen LogP contribution in [0, 0.1) is 0 Å². The van der Waals surface area contributed by atoms with E-state index in [1.165, 1.54) is 7.11 Å². The van der Waals surface area contributed by atoms with Crippen LogP contribution in [0.4, 0.5) is 0 Å². The second-order valence-corrected chi connectivity index (χ2v) is 3.77. The summed E-state index contributed by atoms with van der Waals surface area (Å²) in [6.07, 6.45) is 1.77. The summed E-state index contributed by atoms with van der Waals surface area (Å²) in [5.41, 5.74) is 1.53. The molecule has 3 aromatic rings. The zero-order valence-corrected chi connectivity index (χ0v) is 9.51. The van der Waals surface area contributed by atoms with Gasteiger partial charge in [0.2, 0.25) is 0 Å². The molecule has 0 aliphatic heterocycles. The number of esters is 1. The Morgan fingerprint density at radius 2 is 2.17 bits per heavy atom. The average molecular weight is 243 g/mol. The van der Waals surface area contributed by atoms with Gasteiger partial charge in [-0.15, -0.1) is 0 Å². The van der Waals surface area contributed by atoms with Crippen LogP contribution in [0.2, 0.25) is 0 Å². The lowest BCUT2D eigenvalue weighted by atomic mass is 10.3. The van der Waals surface area contributed by atoms with E-state index in [4.69, 9.17) is 0 Å². The Morgan fingerprint density at radius 1 is 1.33 bits per heavy atom. The van der Waals surface area contributed by atoms with E-state index < -0.39 is 5.97 Å². The van der Waals surface area contributed by atoms with Gasteiger partial charge >= 0.3 is 5.97 Å². The van der Waals surface area contributed by atoms with Crippen molar-refractivity contribution in [2.45, 2.75) is 0 Å². The van der Waals surface area contributed by atoms with Gasteiger partial charge < -0.3 is 14.1 Å². The van der Waals surface area contributed by atoms with Gasteiger partial charge in [-0.05, 0) is 24.3 Å². The third-order valence-electron chi connectivity index (χ3n) is 2.74. The summed E-state index contributed by atoms with van der Waals surface area (Å²) in [7, 11) is 1.28. The molecule has 3 heterocycles. The average Bonchev–Trinajstić information content (AvgIpc) is 2.87. The molecule has 90 valence electrons. The lowest BCUT2D eigenvalue weighted by Gasteiger charge is -2.03. The second-order valence-electron chi connectivity index (χ2n) is 3.77. The molecule has 18 heavy (non-hydrogen) atoms. The number of aromatic nitrogens is 3. The van der Waals surface area contributed by atoms with Crippen molar-refractivity contribution in [2.75, 3.05) is 7.11 Å². The van der Waals surface area contributed by atoms with Crippen LogP contribution in [-0.2, 0) is 4.74 Å². The summed E-state index contributed by atoms with van der Waals surface area (Å²) < 4.78 is 6.31. The minimum Gasteiger partial charge on any atom is -0.464 e. The van der Waals surface area contributed by atoms with E-state index in [0.29, 0.717) is 11.2 Å². The third kappa shape index (κ3) is 1.39. The van der Waals surface area contributed by atoms with Crippen molar-refractivity contribution in [3.05, 3.63) is 46.5 Å². The fraction of sp³-hybridized carbons (Fsp3) is 0.0833. The molecular weight excluding hydrogens is 234 g/mol. The second kappa shape index (κ2) is 3.69. The minimum absolute atomic E-state index is 0.159. The normalized spacial score (nSPS) is 10.9. The van der Waals surface area contributed by atoms with Crippen molar-refractivity contribution >= 4 is 22.6 Å². The lowest BCUT2D eigenvalue weighted by Crippen LogP contribution is -2.12. The van der Waals surface area contributed by atoms with Gasteiger partial charge in [-0.3, -0.25) is 4.79 Å². The number of carbonyl (C=O) groups is 1. The molecule has 1 N–H and O–H groups in total. The van der Waals surface area contributed by atoms with Crippen LogP contribution < -0.4 is 5.56 Å². The van der Waals surface area contributed by atoms with Crippen molar-refractivity contribution in [1.82, 2.24) is 14.4 Å². The van der Waals surface area contributed by atoms with Crippen LogP contribution in [0.1, 0.15) is 10.5 Å². The molecule has 0 aliphatic carbocycles. The van der Waals surface area contributed by atoms with E-state index in [2.05, 4.69) is 14.7 Å². The van der Waals surface area contributed by atoms with E-state index in [1.54, 1.807) is 34.9 Å². The highest BCUT2D eigenvalue weighted by Gasteiger charge is 2.10. The molecule has 0 bridgehead atoms. The topological polar surface area (TPSA) is 76.5 Å². The molecule has 0 fully saturated rings. The quantitative estimate of drug-likeness (QED) is 0.646. The molecule has 0 unspecified atom stereocenters. The first-order valence-electron chi connectivity index (χ1n) is 5.29. The summed E-state index contributed by atoms with van der Waals surface area (Å²) in [4.78, 5) is 29.9. The molecule has 6 heteroatoms. The van der Waals surface area contributed by atoms with Crippen molar-refractivity contribution in [1.29, 1.82) is 0 Å². The molecule has 3 rings (SSSR count). The molecule has 0 saturated heterocycles. The van der Waals surface area contributed by atoms with E-state index >= 15 is 0 Å². The van der Waals surface area contributed by atoms with Crippen molar-refractivity contribution < 1.29 is 9.53 Å². The summed E-state index contributed by atoms with van der Waals surface area (Å²) in [5.74, 6) is -0.537. The first-order chi connectivity index (χ1) is 8.70. The highest BCUT2D eigenvalue weighted by atomic mass is 16.5. The maximum absolute atomic E-state index is 11.8. The van der Waals surface area contributed by atoms with Crippen LogP contribution in [0.3, 0.4) is 0 Å². The number of aromatic amines is 1. The smallest absolute Gasteiger partial charge is 0.356 e. The maximum Gasteiger partial charge on any atom is 0.356 e. The van der Waals surface area contributed by atoms with Crippen LogP contribution in [-0.4, -0.2) is 27.4 Å². The highest BCUT2D eigenvalue weighted by molar-refractivity contribution is 5.89. The summed E-state index contributed by atoms with van der Waals surface area (Å²) in [6, 6.07) is 6.77. The number of pyridine rings is 1. The van der Waals surface area contributed by atoms with Crippen molar-refractivity contribution in [2.24, 2.45) is 0 Å². The standard InChI is InChI=1S/C12H9N3O3/c1-18-12(17)7-4-5-8-10(13-7)14-11(16)9-3-2-6-15(8)9/h2-6H,1H3,(H,13,14,16). The van der Waals surface area contributed by atoms with E-state index in [0.717, 1.165) is 5.52 Å². The first kappa shape index (κ1) is 10.5. The summed E-state index contributed by atoms with van der Waals surface area (Å²) in [6.45, 7) is 0. The van der Waals surface area contributed by atoms with Crippen LogP contribution >= 0.6 is 0 Å². The van der Waals surface area contributed by atoms with Gasteiger partial charge in [0.15, 0.2) is 11.3 Å². The van der Waals surface area contributed by atoms with Gasteiger partial charge in [0.1, 0.15) is 5.52 Å². The minimum atomic E-state index is -0.537. The van der Waals surface area contributed by atoms with Crippen molar-refractivity contribution in [3.8, 4) is 0 Å². The molecule has 0 amide bonds. The Labute approximate surface area is 101 Å². The number of hydrogen-bond donors (Lipinski definition) is 1. The zero-order valence-electron chi connectivity index (χ0n) is 9.51. The number of carbonyl (C=O) groups excluding carboxylic acids is 1. The number of hydrogen-bond acceptors (Lipinski definition) is 4. The molecule has 0 radical (unpaired) electrons. The predicted octanol–water partition coefficient (Wildman–Crippen LogP) is 0.962. The van der Waals surface area contributed by atoms with E-state index in [1.807, 2.05) is 0 Å². The number of ether oxygens (including phenoxy) is 1. The van der Waals surface area contributed by atoms with Crippen molar-refractivity contribution in [3.63, 3.8) is 0 Å². The highest BCUT2D eigenvalue weighted by Crippen LogP contribution is 2.12. The predicted molar refractivity (Wildman–Crippen MR) is 64.7 cm³/mol. The number of nitrogens with one attached hydrogen (secondary N) is 1. The fourth-order valence-corrected chi connectivity index (χ4v) is 1.90. The Morgan fingerprint density at radius 3 is 2.94 bits per heavy atom. The number of nitrogens with zero attached hydrogens (tertiary/aromatic N) is 2. The zero-order chi connectivity index (χ0) is 12.7. The molecule has 0 atom stereocenters. The summed E-state index contributed by atoms with van der Waals surface area (Å²) >= 11 is 0. The van der Waals surface area contributed by atoms with Crippen LogP contribution in [0.25, 0.3) is 16.7 Å². The van der Waals surface area contributed by atoms with Gasteiger partial charge in [0, 0.05) is 6.20 Å². The Bertz CT molecular complexity index is 816. The van der Waals surface area contributed by atoms with E-state index in [9.17, 15) is 9.59 Å². The molecule has 0 aromatic carbocycles.